The van der Waals surface area contributed by atoms with Gasteiger partial charge in [0.05, 0.1) is 6.07 Å². The van der Waals surface area contributed by atoms with Crippen LogP contribution in [0.4, 0.5) is 0 Å². The van der Waals surface area contributed by atoms with Gasteiger partial charge in [-0.15, -0.1) is 0 Å². The molecule has 1 saturated carbocycles. The quantitative estimate of drug-likeness (QED) is 0.676. The highest BCUT2D eigenvalue weighted by molar-refractivity contribution is 4.78. The van der Waals surface area contributed by atoms with Crippen LogP contribution in [-0.2, 0) is 0 Å². The van der Waals surface area contributed by atoms with Crippen LogP contribution in [0.15, 0.2) is 0 Å². The van der Waals surface area contributed by atoms with E-state index in [0.29, 0.717) is 12.5 Å². The number of hydrogen-bond donors (Lipinski definition) is 1. The van der Waals surface area contributed by atoms with Crippen LogP contribution in [0.2, 0.25) is 0 Å². The van der Waals surface area contributed by atoms with Crippen molar-refractivity contribution >= 4 is 0 Å². The van der Waals surface area contributed by atoms with Gasteiger partial charge in [-0.2, -0.15) is 5.26 Å². The Bertz CT molecular complexity index is 165. The smallest absolute Gasteiger partial charge is 0.0621 e. The second-order valence-corrected chi connectivity index (χ2v) is 4.11. The molecule has 1 aliphatic rings. The standard InChI is InChI=1S/C11H20N2/c12-9-5-4-8-11(13)10-6-2-1-3-7-10/h10-11H,1-8,13H2. The molecule has 0 aliphatic heterocycles. The topological polar surface area (TPSA) is 49.8 Å². The number of rotatable bonds is 4. The van der Waals surface area contributed by atoms with Crippen molar-refractivity contribution in [3.8, 4) is 6.07 Å². The zero-order valence-corrected chi connectivity index (χ0v) is 8.34. The average Bonchev–Trinajstić information content (AvgIpc) is 2.19. The van der Waals surface area contributed by atoms with Gasteiger partial charge in [0.1, 0.15) is 0 Å². The highest BCUT2D eigenvalue weighted by Crippen LogP contribution is 2.27. The monoisotopic (exact) mass is 180 g/mol. The third-order valence-electron chi connectivity index (χ3n) is 3.08. The minimum Gasteiger partial charge on any atom is -0.327 e. The summed E-state index contributed by atoms with van der Waals surface area (Å²) in [5, 5.41) is 8.40. The fourth-order valence-electron chi connectivity index (χ4n) is 2.21. The lowest BCUT2D eigenvalue weighted by molar-refractivity contribution is 0.292. The summed E-state index contributed by atoms with van der Waals surface area (Å²) in [5.74, 6) is 0.743. The second-order valence-electron chi connectivity index (χ2n) is 4.11. The Morgan fingerprint density at radius 3 is 2.62 bits per heavy atom. The van der Waals surface area contributed by atoms with Crippen molar-refractivity contribution in [2.45, 2.75) is 57.4 Å². The zero-order valence-electron chi connectivity index (χ0n) is 8.34. The number of hydrogen-bond acceptors (Lipinski definition) is 2. The van der Waals surface area contributed by atoms with E-state index in [0.717, 1.165) is 18.8 Å². The van der Waals surface area contributed by atoms with Crippen LogP contribution in [0, 0.1) is 17.2 Å². The zero-order chi connectivity index (χ0) is 9.52. The Labute approximate surface area is 81.1 Å². The van der Waals surface area contributed by atoms with Gasteiger partial charge in [-0.1, -0.05) is 19.3 Å². The summed E-state index contributed by atoms with van der Waals surface area (Å²) >= 11 is 0. The fraction of sp³-hybridized carbons (Fsp3) is 0.909. The molecule has 2 N–H and O–H groups in total. The third-order valence-corrected chi connectivity index (χ3v) is 3.08. The molecule has 2 heteroatoms. The molecule has 0 bridgehead atoms. The number of nitriles is 1. The SMILES string of the molecule is N#CCCCC(N)C1CCCCC1. The molecule has 1 rings (SSSR count). The summed E-state index contributed by atoms with van der Waals surface area (Å²) in [4.78, 5) is 0. The van der Waals surface area contributed by atoms with Crippen LogP contribution >= 0.6 is 0 Å². The molecule has 0 aromatic rings. The fourth-order valence-corrected chi connectivity index (χ4v) is 2.21. The van der Waals surface area contributed by atoms with E-state index < -0.39 is 0 Å². The van der Waals surface area contributed by atoms with Gasteiger partial charge in [0.25, 0.3) is 0 Å². The third kappa shape index (κ3) is 3.78. The van der Waals surface area contributed by atoms with Gasteiger partial charge >= 0.3 is 0 Å². The molecule has 1 aliphatic carbocycles. The Morgan fingerprint density at radius 1 is 1.31 bits per heavy atom. The van der Waals surface area contributed by atoms with Crippen molar-refractivity contribution in [3.63, 3.8) is 0 Å². The molecular formula is C11H20N2. The lowest BCUT2D eigenvalue weighted by atomic mass is 9.82. The van der Waals surface area contributed by atoms with E-state index in [1.807, 2.05) is 0 Å². The van der Waals surface area contributed by atoms with Crippen molar-refractivity contribution in [2.24, 2.45) is 11.7 Å². The summed E-state index contributed by atoms with van der Waals surface area (Å²) < 4.78 is 0. The first-order valence-corrected chi connectivity index (χ1v) is 5.47. The molecule has 1 fully saturated rings. The van der Waals surface area contributed by atoms with Crippen LogP contribution in [0.1, 0.15) is 51.4 Å². The molecule has 2 nitrogen and oxygen atoms in total. The maximum absolute atomic E-state index is 8.40. The van der Waals surface area contributed by atoms with Gasteiger partial charge in [0, 0.05) is 12.5 Å². The van der Waals surface area contributed by atoms with Gasteiger partial charge in [-0.25, -0.2) is 0 Å². The van der Waals surface area contributed by atoms with Crippen LogP contribution in [0.3, 0.4) is 0 Å². The minimum absolute atomic E-state index is 0.355. The lowest BCUT2D eigenvalue weighted by Crippen LogP contribution is -2.31. The summed E-state index contributed by atoms with van der Waals surface area (Å²) in [6, 6.07) is 2.53. The van der Waals surface area contributed by atoms with Crippen molar-refractivity contribution in [1.82, 2.24) is 0 Å². The number of unbranched alkanes of at least 4 members (excludes halogenated alkanes) is 1. The van der Waals surface area contributed by atoms with E-state index in [4.69, 9.17) is 11.0 Å². The molecule has 0 aromatic heterocycles. The van der Waals surface area contributed by atoms with Gasteiger partial charge in [-0.3, -0.25) is 0 Å². The summed E-state index contributed by atoms with van der Waals surface area (Å²) in [7, 11) is 0. The normalized spacial score (nSPS) is 20.9. The molecule has 0 saturated heterocycles. The summed E-state index contributed by atoms with van der Waals surface area (Å²) in [6.45, 7) is 0. The van der Waals surface area contributed by atoms with E-state index >= 15 is 0 Å². The Hall–Kier alpha value is -0.550. The van der Waals surface area contributed by atoms with Gasteiger partial charge < -0.3 is 5.73 Å². The molecule has 1 unspecified atom stereocenters. The van der Waals surface area contributed by atoms with Gasteiger partial charge in [-0.05, 0) is 31.6 Å². The Balaban J connectivity index is 2.14. The highest BCUT2D eigenvalue weighted by Gasteiger charge is 2.19. The second kappa shape index (κ2) is 5.99. The number of nitrogens with zero attached hydrogens (tertiary/aromatic N) is 1. The first-order valence-electron chi connectivity index (χ1n) is 5.47. The van der Waals surface area contributed by atoms with Gasteiger partial charge in [0.2, 0.25) is 0 Å². The van der Waals surface area contributed by atoms with Crippen molar-refractivity contribution in [1.29, 1.82) is 5.26 Å². The predicted octanol–water partition coefficient (Wildman–Crippen LogP) is 2.59. The van der Waals surface area contributed by atoms with E-state index in [9.17, 15) is 0 Å². The van der Waals surface area contributed by atoms with E-state index in [2.05, 4.69) is 6.07 Å². The van der Waals surface area contributed by atoms with Gasteiger partial charge in [0.15, 0.2) is 0 Å². The molecule has 0 heterocycles. The van der Waals surface area contributed by atoms with Crippen molar-refractivity contribution in [3.05, 3.63) is 0 Å². The van der Waals surface area contributed by atoms with Crippen LogP contribution in [-0.4, -0.2) is 6.04 Å². The molecule has 0 radical (unpaired) electrons. The molecule has 0 aromatic carbocycles. The molecular weight excluding hydrogens is 160 g/mol. The summed E-state index contributed by atoms with van der Waals surface area (Å²) in [6.07, 6.45) is 9.42. The van der Waals surface area contributed by atoms with Crippen LogP contribution in [0.5, 0.6) is 0 Å². The first kappa shape index (κ1) is 10.5. The maximum atomic E-state index is 8.40. The van der Waals surface area contributed by atoms with E-state index in [-0.39, 0.29) is 0 Å². The first-order chi connectivity index (χ1) is 6.34. The van der Waals surface area contributed by atoms with Crippen molar-refractivity contribution < 1.29 is 0 Å². The predicted molar refractivity (Wildman–Crippen MR) is 54.0 cm³/mol. The Kier molecular flexibility index (Phi) is 4.85. The van der Waals surface area contributed by atoms with Crippen molar-refractivity contribution in [2.75, 3.05) is 0 Å². The molecule has 0 amide bonds. The largest absolute Gasteiger partial charge is 0.327 e. The summed E-state index contributed by atoms with van der Waals surface area (Å²) in [5.41, 5.74) is 6.08. The van der Waals surface area contributed by atoms with Crippen LogP contribution in [0.25, 0.3) is 0 Å². The minimum atomic E-state index is 0.355. The lowest BCUT2D eigenvalue weighted by Gasteiger charge is -2.27. The molecule has 13 heavy (non-hydrogen) atoms. The molecule has 0 spiro atoms. The average molecular weight is 180 g/mol. The van der Waals surface area contributed by atoms with E-state index in [1.54, 1.807) is 0 Å². The maximum Gasteiger partial charge on any atom is 0.0621 e. The highest BCUT2D eigenvalue weighted by atomic mass is 14.6. The molecule has 74 valence electrons. The van der Waals surface area contributed by atoms with Crippen LogP contribution < -0.4 is 5.73 Å². The number of nitrogens with two attached hydrogens (primary N) is 1. The van der Waals surface area contributed by atoms with E-state index in [1.165, 1.54) is 32.1 Å². The molecule has 1 atom stereocenters. The Morgan fingerprint density at radius 2 is 2.00 bits per heavy atom.